The molecule has 4 aromatic rings. The van der Waals surface area contributed by atoms with Crippen LogP contribution >= 0.6 is 0 Å². The second kappa shape index (κ2) is 8.83. The highest BCUT2D eigenvalue weighted by Gasteiger charge is 2.23. The number of imidazole rings is 1. The largest absolute Gasteiger partial charge is 0.467 e. The lowest BCUT2D eigenvalue weighted by Crippen LogP contribution is -2.42. The van der Waals surface area contributed by atoms with Gasteiger partial charge in [0.1, 0.15) is 11.9 Å². The Balaban J connectivity index is 1.84. The van der Waals surface area contributed by atoms with Crippen molar-refractivity contribution in [3.8, 4) is 17.1 Å². The Morgan fingerprint density at radius 3 is 2.45 bits per heavy atom. The van der Waals surface area contributed by atoms with E-state index in [0.29, 0.717) is 5.69 Å². The number of nitrogens with zero attached hydrogens (tertiary/aromatic N) is 2. The van der Waals surface area contributed by atoms with Crippen molar-refractivity contribution in [3.63, 3.8) is 0 Å². The van der Waals surface area contributed by atoms with E-state index in [1.54, 1.807) is 0 Å². The van der Waals surface area contributed by atoms with Gasteiger partial charge in [0.05, 0.1) is 12.8 Å². The lowest BCUT2D eigenvalue weighted by molar-refractivity contribution is -0.144. The van der Waals surface area contributed by atoms with Gasteiger partial charge in [-0.05, 0) is 22.9 Å². The lowest BCUT2D eigenvalue weighted by atomic mass is 10.0. The van der Waals surface area contributed by atoms with Crippen LogP contribution in [0.25, 0.3) is 27.8 Å². The molecule has 6 nitrogen and oxygen atoms in total. The zero-order valence-corrected chi connectivity index (χ0v) is 17.4. The van der Waals surface area contributed by atoms with E-state index in [1.807, 2.05) is 65.4 Å². The fourth-order valence-corrected chi connectivity index (χ4v) is 3.71. The number of hydrogen-bond acceptors (Lipinski definition) is 4. The summed E-state index contributed by atoms with van der Waals surface area (Å²) in [6, 6.07) is 23.4. The molecule has 4 rings (SSSR count). The summed E-state index contributed by atoms with van der Waals surface area (Å²) >= 11 is 0. The molecule has 0 spiro atoms. The first-order chi connectivity index (χ1) is 15.1. The smallest absolute Gasteiger partial charge is 0.328 e. The average Bonchev–Trinajstić information content (AvgIpc) is 3.21. The monoisotopic (exact) mass is 413 g/mol. The van der Waals surface area contributed by atoms with Gasteiger partial charge in [-0.1, -0.05) is 60.7 Å². The first-order valence-electron chi connectivity index (χ1n) is 10.0. The first-order valence-corrected chi connectivity index (χ1v) is 10.0. The van der Waals surface area contributed by atoms with Gasteiger partial charge in [0, 0.05) is 30.8 Å². The highest BCUT2D eigenvalue weighted by molar-refractivity contribution is 5.95. The molecule has 156 valence electrons. The molecule has 1 aromatic heterocycles. The molecule has 0 aliphatic heterocycles. The van der Waals surface area contributed by atoms with Gasteiger partial charge in [0.15, 0.2) is 0 Å². The number of amides is 1. The molecular weight excluding hydrogens is 390 g/mol. The second-order valence-electron chi connectivity index (χ2n) is 7.27. The number of nitrogens with one attached hydrogen (secondary N) is 1. The molecule has 0 aliphatic carbocycles. The third-order valence-corrected chi connectivity index (χ3v) is 5.10. The van der Waals surface area contributed by atoms with Crippen molar-refractivity contribution in [2.45, 2.75) is 19.4 Å². The number of ether oxygens (including phenoxy) is 1. The summed E-state index contributed by atoms with van der Waals surface area (Å²) < 4.78 is 6.87. The van der Waals surface area contributed by atoms with Crippen molar-refractivity contribution < 1.29 is 14.3 Å². The van der Waals surface area contributed by atoms with Gasteiger partial charge in [-0.2, -0.15) is 0 Å². The summed E-state index contributed by atoms with van der Waals surface area (Å²) in [5.41, 5.74) is 2.62. The molecule has 3 aromatic carbocycles. The molecule has 0 unspecified atom stereocenters. The Morgan fingerprint density at radius 1 is 1.00 bits per heavy atom. The summed E-state index contributed by atoms with van der Waals surface area (Å²) in [5, 5.41) is 4.86. The molecule has 1 heterocycles. The van der Waals surface area contributed by atoms with Crippen LogP contribution in [0.15, 0.2) is 79.0 Å². The Labute approximate surface area is 180 Å². The number of hydrogen-bond donors (Lipinski definition) is 1. The summed E-state index contributed by atoms with van der Waals surface area (Å²) in [6.07, 6.45) is 2.13. The van der Waals surface area contributed by atoms with Crippen LogP contribution in [0.3, 0.4) is 0 Å². The van der Waals surface area contributed by atoms with E-state index in [2.05, 4.69) is 23.5 Å². The van der Waals surface area contributed by atoms with E-state index < -0.39 is 12.0 Å². The first kappa shape index (κ1) is 20.3. The maximum absolute atomic E-state index is 12.2. The van der Waals surface area contributed by atoms with Gasteiger partial charge >= 0.3 is 5.97 Å². The number of carbonyl (C=O) groups is 2. The number of esters is 1. The second-order valence-corrected chi connectivity index (χ2v) is 7.27. The van der Waals surface area contributed by atoms with Gasteiger partial charge in [0.2, 0.25) is 5.91 Å². The molecular formula is C25H23N3O3. The number of carbonyl (C=O) groups excluding carboxylic acids is 2. The Kier molecular flexibility index (Phi) is 5.80. The van der Waals surface area contributed by atoms with Gasteiger partial charge in [-0.3, -0.25) is 9.36 Å². The third-order valence-electron chi connectivity index (χ3n) is 5.10. The van der Waals surface area contributed by atoms with Crippen molar-refractivity contribution in [2.24, 2.45) is 0 Å². The molecule has 1 amide bonds. The zero-order chi connectivity index (χ0) is 21.8. The Morgan fingerprint density at radius 2 is 1.71 bits per heavy atom. The van der Waals surface area contributed by atoms with Crippen LogP contribution in [0.2, 0.25) is 0 Å². The van der Waals surface area contributed by atoms with Gasteiger partial charge in [0.25, 0.3) is 0 Å². The zero-order valence-electron chi connectivity index (χ0n) is 17.4. The number of benzene rings is 3. The molecule has 0 saturated heterocycles. The number of fused-ring (bicyclic) bond motifs is 1. The van der Waals surface area contributed by atoms with Crippen molar-refractivity contribution in [1.82, 2.24) is 14.9 Å². The minimum atomic E-state index is -0.804. The van der Waals surface area contributed by atoms with Crippen LogP contribution in [0.1, 0.15) is 12.6 Å². The molecule has 1 N–H and O–H groups in total. The predicted molar refractivity (Wildman–Crippen MR) is 120 cm³/mol. The quantitative estimate of drug-likeness (QED) is 0.487. The molecule has 6 heteroatoms. The molecule has 0 saturated carbocycles. The third kappa shape index (κ3) is 4.33. The lowest BCUT2D eigenvalue weighted by Gasteiger charge is -2.13. The van der Waals surface area contributed by atoms with Crippen LogP contribution in [0.4, 0.5) is 0 Å². The molecule has 31 heavy (non-hydrogen) atoms. The predicted octanol–water partition coefficient (Wildman–Crippen LogP) is 3.91. The minimum Gasteiger partial charge on any atom is -0.467 e. The number of para-hydroxylation sites is 1. The molecule has 0 aliphatic rings. The van der Waals surface area contributed by atoms with Gasteiger partial charge in [-0.15, -0.1) is 0 Å². The van der Waals surface area contributed by atoms with E-state index in [1.165, 1.54) is 14.0 Å². The van der Waals surface area contributed by atoms with E-state index in [-0.39, 0.29) is 12.3 Å². The van der Waals surface area contributed by atoms with E-state index in [0.717, 1.165) is 27.8 Å². The topological polar surface area (TPSA) is 73.2 Å². The minimum absolute atomic E-state index is 0.226. The van der Waals surface area contributed by atoms with Crippen molar-refractivity contribution in [2.75, 3.05) is 7.11 Å². The molecule has 0 fully saturated rings. The fourth-order valence-electron chi connectivity index (χ4n) is 3.71. The summed E-state index contributed by atoms with van der Waals surface area (Å²) in [5.74, 6) is -0.0345. The molecule has 0 radical (unpaired) electrons. The summed E-state index contributed by atoms with van der Waals surface area (Å²) in [6.45, 7) is 1.38. The Hall–Kier alpha value is -3.93. The van der Waals surface area contributed by atoms with E-state index in [4.69, 9.17) is 9.72 Å². The maximum atomic E-state index is 12.2. The van der Waals surface area contributed by atoms with Crippen LogP contribution in [0, 0.1) is 0 Å². The fraction of sp³-hybridized carbons (Fsp3) is 0.160. The standard InChI is InChI=1S/C25H23N3O3/c1-17(29)26-23(25(30)31-2)15-19-16-28(20-11-4-3-5-12-20)24(27-19)22-14-8-10-18-9-6-7-13-21(18)22/h3-14,16,23H,15H2,1-2H3,(H,26,29)/t23-/m0/s1. The molecule has 1 atom stereocenters. The normalized spacial score (nSPS) is 11.8. The molecule has 0 bridgehead atoms. The summed E-state index contributed by atoms with van der Waals surface area (Å²) in [4.78, 5) is 28.6. The Bertz CT molecular complexity index is 1230. The van der Waals surface area contributed by atoms with Crippen LogP contribution < -0.4 is 5.32 Å². The number of methoxy groups -OCH3 is 1. The number of aromatic nitrogens is 2. The van der Waals surface area contributed by atoms with Crippen LogP contribution in [0.5, 0.6) is 0 Å². The van der Waals surface area contributed by atoms with E-state index in [9.17, 15) is 9.59 Å². The SMILES string of the molecule is COC(=O)[C@H](Cc1cn(-c2ccccc2)c(-c2cccc3ccccc23)n1)NC(C)=O. The summed E-state index contributed by atoms with van der Waals surface area (Å²) in [7, 11) is 1.31. The van der Waals surface area contributed by atoms with Crippen molar-refractivity contribution >= 4 is 22.6 Å². The van der Waals surface area contributed by atoms with Crippen molar-refractivity contribution in [3.05, 3.63) is 84.7 Å². The van der Waals surface area contributed by atoms with E-state index >= 15 is 0 Å². The van der Waals surface area contributed by atoms with Crippen LogP contribution in [-0.4, -0.2) is 34.6 Å². The highest BCUT2D eigenvalue weighted by Crippen LogP contribution is 2.30. The van der Waals surface area contributed by atoms with Crippen LogP contribution in [-0.2, 0) is 20.7 Å². The van der Waals surface area contributed by atoms with Gasteiger partial charge < -0.3 is 10.1 Å². The maximum Gasteiger partial charge on any atom is 0.328 e. The van der Waals surface area contributed by atoms with Crippen molar-refractivity contribution in [1.29, 1.82) is 0 Å². The highest BCUT2D eigenvalue weighted by atomic mass is 16.5. The average molecular weight is 413 g/mol. The van der Waals surface area contributed by atoms with Gasteiger partial charge in [-0.25, -0.2) is 9.78 Å². The number of rotatable bonds is 6.